The molecule has 0 fully saturated rings. The van der Waals surface area contributed by atoms with Crippen LogP contribution in [-0.4, -0.2) is 32.6 Å². The van der Waals surface area contributed by atoms with E-state index in [9.17, 15) is 27.2 Å². The molecule has 0 rings (SSSR count). The van der Waals surface area contributed by atoms with Crippen LogP contribution >= 0.6 is 7.60 Å². The zero-order chi connectivity index (χ0) is 20.8. The molecule has 0 aromatic rings. The Bertz CT molecular complexity index is 602. The number of hydrogen-bond donors (Lipinski definition) is 3. The molecule has 3 N–H and O–H groups in total. The standard InChI is InChI=1S/C17H27F4O4P/c1-12(2)7-5-8-13(3)9-6-10-14(4)11-15(22)16(18,19)17(20,21)26(23,24)25/h7,9,11,15,22H,5-6,8,10H2,1-4H3,(H2,23,24,25). The molecule has 1 atom stereocenters. The summed E-state index contributed by atoms with van der Waals surface area (Å²) in [4.78, 5) is 16.8. The lowest BCUT2D eigenvalue weighted by atomic mass is 10.0. The topological polar surface area (TPSA) is 77.8 Å². The van der Waals surface area contributed by atoms with E-state index in [0.29, 0.717) is 12.5 Å². The number of alkyl halides is 4. The summed E-state index contributed by atoms with van der Waals surface area (Å²) in [6, 6.07) is 0. The van der Waals surface area contributed by atoms with Crippen LogP contribution in [0.1, 0.15) is 53.4 Å². The van der Waals surface area contributed by atoms with Crippen LogP contribution in [0.25, 0.3) is 0 Å². The predicted molar refractivity (Wildman–Crippen MR) is 93.4 cm³/mol. The maximum absolute atomic E-state index is 13.6. The maximum atomic E-state index is 13.6. The summed E-state index contributed by atoms with van der Waals surface area (Å²) >= 11 is 0. The monoisotopic (exact) mass is 402 g/mol. The zero-order valence-corrected chi connectivity index (χ0v) is 16.2. The largest absolute Gasteiger partial charge is 0.410 e. The van der Waals surface area contributed by atoms with Crippen LogP contribution in [-0.2, 0) is 4.57 Å². The van der Waals surface area contributed by atoms with Crippen molar-refractivity contribution in [3.8, 4) is 0 Å². The highest BCUT2D eigenvalue weighted by atomic mass is 31.2. The molecule has 0 bridgehead atoms. The van der Waals surface area contributed by atoms with E-state index in [4.69, 9.17) is 9.79 Å². The van der Waals surface area contributed by atoms with Gasteiger partial charge in [-0.3, -0.25) is 4.57 Å². The van der Waals surface area contributed by atoms with Gasteiger partial charge in [-0.05, 0) is 53.4 Å². The molecule has 0 radical (unpaired) electrons. The summed E-state index contributed by atoms with van der Waals surface area (Å²) in [7, 11) is -6.43. The summed E-state index contributed by atoms with van der Waals surface area (Å²) in [6.45, 7) is 7.28. The zero-order valence-electron chi connectivity index (χ0n) is 15.3. The molecule has 0 spiro atoms. The molecule has 0 aliphatic carbocycles. The van der Waals surface area contributed by atoms with Crippen LogP contribution in [0, 0.1) is 0 Å². The molecule has 0 amide bonds. The van der Waals surface area contributed by atoms with Gasteiger partial charge in [-0.25, -0.2) is 0 Å². The molecular formula is C17H27F4O4P. The Kier molecular flexibility index (Phi) is 9.47. The lowest BCUT2D eigenvalue weighted by Crippen LogP contribution is -2.48. The highest BCUT2D eigenvalue weighted by Crippen LogP contribution is 2.61. The molecule has 0 aromatic heterocycles. The number of halogens is 4. The normalized spacial score (nSPS) is 15.8. The van der Waals surface area contributed by atoms with Crippen molar-refractivity contribution in [1.82, 2.24) is 0 Å². The number of aliphatic hydroxyl groups excluding tert-OH is 1. The quantitative estimate of drug-likeness (QED) is 0.268. The summed E-state index contributed by atoms with van der Waals surface area (Å²) in [5.41, 5.74) is -3.14. The first kappa shape index (κ1) is 25.1. The molecule has 0 aliphatic rings. The van der Waals surface area contributed by atoms with Gasteiger partial charge in [-0.2, -0.15) is 17.6 Å². The predicted octanol–water partition coefficient (Wildman–Crippen LogP) is 5.17. The van der Waals surface area contributed by atoms with Gasteiger partial charge in [-0.15, -0.1) is 0 Å². The number of hydrogen-bond acceptors (Lipinski definition) is 2. The van der Waals surface area contributed by atoms with Crippen molar-refractivity contribution in [3.05, 3.63) is 34.9 Å². The van der Waals surface area contributed by atoms with E-state index in [1.54, 1.807) is 0 Å². The van der Waals surface area contributed by atoms with E-state index in [1.807, 2.05) is 26.8 Å². The second kappa shape index (κ2) is 9.83. The van der Waals surface area contributed by atoms with E-state index >= 15 is 0 Å². The molecule has 0 aromatic carbocycles. The fourth-order valence-corrected chi connectivity index (χ4v) is 2.59. The van der Waals surface area contributed by atoms with E-state index in [2.05, 4.69) is 6.08 Å². The summed E-state index contributed by atoms with van der Waals surface area (Å²) in [5, 5.41) is 9.35. The van der Waals surface area contributed by atoms with Crippen LogP contribution in [0.3, 0.4) is 0 Å². The minimum atomic E-state index is -6.43. The Morgan fingerprint density at radius 3 is 1.88 bits per heavy atom. The van der Waals surface area contributed by atoms with Crippen molar-refractivity contribution in [3.63, 3.8) is 0 Å². The summed E-state index contributed by atoms with van der Waals surface area (Å²) in [5.74, 6) is -5.29. The fourth-order valence-electron chi connectivity index (χ4n) is 2.07. The van der Waals surface area contributed by atoms with Crippen LogP contribution in [0.15, 0.2) is 34.9 Å². The van der Waals surface area contributed by atoms with Gasteiger partial charge in [0.15, 0.2) is 0 Å². The third-order valence-electron chi connectivity index (χ3n) is 3.70. The minimum absolute atomic E-state index is 0.215. The molecule has 0 aliphatic heterocycles. The summed E-state index contributed by atoms with van der Waals surface area (Å²) < 4.78 is 64.1. The van der Waals surface area contributed by atoms with Crippen LogP contribution in [0.5, 0.6) is 0 Å². The van der Waals surface area contributed by atoms with Gasteiger partial charge in [0.05, 0.1) is 0 Å². The Morgan fingerprint density at radius 2 is 1.42 bits per heavy atom. The average Bonchev–Trinajstić information content (AvgIpc) is 2.45. The smallest absolute Gasteiger partial charge is 0.382 e. The Balaban J connectivity index is 4.86. The van der Waals surface area contributed by atoms with Crippen molar-refractivity contribution in [2.75, 3.05) is 0 Å². The lowest BCUT2D eigenvalue weighted by Gasteiger charge is -2.29. The fraction of sp³-hybridized carbons (Fsp3) is 0.647. The molecule has 9 heteroatoms. The molecule has 0 saturated heterocycles. The first-order valence-corrected chi connectivity index (χ1v) is 9.69. The number of rotatable bonds is 10. The van der Waals surface area contributed by atoms with Gasteiger partial charge >= 0.3 is 19.2 Å². The Morgan fingerprint density at radius 1 is 0.962 bits per heavy atom. The lowest BCUT2D eigenvalue weighted by molar-refractivity contribution is -0.208. The average molecular weight is 402 g/mol. The van der Waals surface area contributed by atoms with Crippen molar-refractivity contribution in [2.24, 2.45) is 0 Å². The van der Waals surface area contributed by atoms with Crippen molar-refractivity contribution in [1.29, 1.82) is 0 Å². The van der Waals surface area contributed by atoms with E-state index in [-0.39, 0.29) is 12.0 Å². The molecule has 1 unspecified atom stereocenters. The van der Waals surface area contributed by atoms with Gasteiger partial charge in [-0.1, -0.05) is 34.9 Å². The molecular weight excluding hydrogens is 375 g/mol. The van der Waals surface area contributed by atoms with Gasteiger partial charge in [0, 0.05) is 0 Å². The van der Waals surface area contributed by atoms with Gasteiger partial charge < -0.3 is 14.9 Å². The first-order valence-electron chi connectivity index (χ1n) is 8.08. The molecule has 0 heterocycles. The number of allylic oxidation sites excluding steroid dienone is 5. The third kappa shape index (κ3) is 7.35. The van der Waals surface area contributed by atoms with E-state index < -0.39 is 25.3 Å². The third-order valence-corrected chi connectivity index (χ3v) is 4.73. The van der Waals surface area contributed by atoms with Gasteiger partial charge in [0.2, 0.25) is 0 Å². The highest BCUT2D eigenvalue weighted by molar-refractivity contribution is 7.53. The SMILES string of the molecule is CC(C)=CCCC(C)=CCCC(C)=CC(O)C(F)(F)C(F)(F)P(=O)(O)O. The summed E-state index contributed by atoms with van der Waals surface area (Å²) in [6.07, 6.45) is 3.91. The Hall–Kier alpha value is -0.950. The van der Waals surface area contributed by atoms with Gasteiger partial charge in [0.1, 0.15) is 6.10 Å². The maximum Gasteiger partial charge on any atom is 0.410 e. The first-order chi connectivity index (χ1) is 11.6. The highest BCUT2D eigenvalue weighted by Gasteiger charge is 2.70. The molecule has 4 nitrogen and oxygen atoms in total. The number of aliphatic hydroxyl groups is 1. The molecule has 26 heavy (non-hydrogen) atoms. The second-order valence-corrected chi connectivity index (χ2v) is 8.23. The van der Waals surface area contributed by atoms with Gasteiger partial charge in [0.25, 0.3) is 0 Å². The Labute approximate surface area is 151 Å². The van der Waals surface area contributed by atoms with Crippen molar-refractivity contribution >= 4 is 7.60 Å². The minimum Gasteiger partial charge on any atom is -0.382 e. The van der Waals surface area contributed by atoms with Crippen LogP contribution in [0.2, 0.25) is 0 Å². The van der Waals surface area contributed by atoms with E-state index in [0.717, 1.165) is 18.4 Å². The molecule has 0 saturated carbocycles. The van der Waals surface area contributed by atoms with E-state index in [1.165, 1.54) is 12.5 Å². The molecule has 152 valence electrons. The van der Waals surface area contributed by atoms with Crippen molar-refractivity contribution < 1.29 is 37.0 Å². The van der Waals surface area contributed by atoms with Crippen LogP contribution < -0.4 is 0 Å². The van der Waals surface area contributed by atoms with Crippen molar-refractivity contribution in [2.45, 2.75) is 71.1 Å². The second-order valence-electron chi connectivity index (χ2n) is 6.58. The van der Waals surface area contributed by atoms with Crippen LogP contribution in [0.4, 0.5) is 17.6 Å².